The van der Waals surface area contributed by atoms with Crippen molar-refractivity contribution in [1.29, 1.82) is 0 Å². The molecule has 3 aromatic heterocycles. The molecule has 4 heterocycles. The summed E-state index contributed by atoms with van der Waals surface area (Å²) < 4.78 is 22.9. The molecular formula is C23H24FN7O2. The zero-order chi connectivity index (χ0) is 22.7. The van der Waals surface area contributed by atoms with Gasteiger partial charge in [-0.05, 0) is 62.9 Å². The van der Waals surface area contributed by atoms with Crippen LogP contribution in [0.25, 0.3) is 16.9 Å². The molecular weight excluding hydrogens is 425 g/mol. The Morgan fingerprint density at radius 2 is 2.09 bits per heavy atom. The van der Waals surface area contributed by atoms with Crippen molar-refractivity contribution in [3.8, 4) is 5.82 Å². The smallest absolute Gasteiger partial charge is 0.278 e. The van der Waals surface area contributed by atoms with E-state index in [0.29, 0.717) is 22.8 Å². The van der Waals surface area contributed by atoms with Crippen LogP contribution in [0, 0.1) is 0 Å². The highest BCUT2D eigenvalue weighted by Gasteiger charge is 2.33. The van der Waals surface area contributed by atoms with Crippen molar-refractivity contribution < 1.29 is 8.91 Å². The van der Waals surface area contributed by atoms with E-state index in [4.69, 9.17) is 4.52 Å². The molecule has 170 valence electrons. The van der Waals surface area contributed by atoms with Gasteiger partial charge in [-0.2, -0.15) is 4.98 Å². The Kier molecular flexibility index (Phi) is 4.41. The fourth-order valence-electron chi connectivity index (χ4n) is 4.26. The van der Waals surface area contributed by atoms with E-state index in [2.05, 4.69) is 37.9 Å². The average Bonchev–Trinajstić information content (AvgIpc) is 3.42. The maximum Gasteiger partial charge on any atom is 0.278 e. The summed E-state index contributed by atoms with van der Waals surface area (Å²) in [6.07, 6.45) is 4.27. The van der Waals surface area contributed by atoms with Crippen molar-refractivity contribution in [2.24, 2.45) is 0 Å². The van der Waals surface area contributed by atoms with Crippen LogP contribution in [0.5, 0.6) is 0 Å². The molecule has 0 bridgehead atoms. The van der Waals surface area contributed by atoms with Crippen LogP contribution >= 0.6 is 0 Å². The van der Waals surface area contributed by atoms with E-state index in [1.807, 2.05) is 6.07 Å². The molecule has 4 aromatic rings. The maximum atomic E-state index is 14.4. The van der Waals surface area contributed by atoms with Crippen LogP contribution in [0.2, 0.25) is 0 Å². The number of fused-ring (bicyclic) bond motifs is 2. The van der Waals surface area contributed by atoms with E-state index in [-0.39, 0.29) is 17.4 Å². The molecule has 0 atom stereocenters. The van der Waals surface area contributed by atoms with Crippen molar-refractivity contribution in [3.05, 3.63) is 57.7 Å². The number of nitrogens with zero attached hydrogens (tertiary/aromatic N) is 5. The second-order valence-corrected chi connectivity index (χ2v) is 9.18. The molecule has 2 aliphatic rings. The van der Waals surface area contributed by atoms with Crippen molar-refractivity contribution in [2.75, 3.05) is 11.9 Å². The minimum atomic E-state index is -1.69. The Bertz CT molecular complexity index is 1430. The first-order chi connectivity index (χ1) is 15.9. The Morgan fingerprint density at radius 1 is 1.24 bits per heavy atom. The lowest BCUT2D eigenvalue weighted by atomic mass is 10.0. The summed E-state index contributed by atoms with van der Waals surface area (Å²) in [7, 11) is 0. The van der Waals surface area contributed by atoms with Gasteiger partial charge in [-0.25, -0.2) is 18.7 Å². The number of anilines is 2. The molecule has 2 N–H and O–H groups in total. The summed E-state index contributed by atoms with van der Waals surface area (Å²) in [5.74, 6) is 0.776. The Labute approximate surface area is 188 Å². The fraction of sp³-hybridized carbons (Fsp3) is 0.391. The van der Waals surface area contributed by atoms with Gasteiger partial charge in [-0.3, -0.25) is 4.79 Å². The molecule has 0 amide bonds. The predicted molar refractivity (Wildman–Crippen MR) is 121 cm³/mol. The van der Waals surface area contributed by atoms with Gasteiger partial charge >= 0.3 is 0 Å². The van der Waals surface area contributed by atoms with Gasteiger partial charge in [0, 0.05) is 24.5 Å². The molecule has 9 nitrogen and oxygen atoms in total. The molecule has 1 fully saturated rings. The van der Waals surface area contributed by atoms with Gasteiger partial charge in [0.15, 0.2) is 22.9 Å². The van der Waals surface area contributed by atoms with Gasteiger partial charge in [-0.15, -0.1) is 0 Å². The van der Waals surface area contributed by atoms with E-state index in [1.54, 1.807) is 9.36 Å². The second kappa shape index (κ2) is 7.24. The minimum absolute atomic E-state index is 0.0518. The molecule has 1 aliphatic heterocycles. The summed E-state index contributed by atoms with van der Waals surface area (Å²) in [5.41, 5.74) is 1.99. The summed E-state index contributed by atoms with van der Waals surface area (Å²) in [4.78, 5) is 22.2. The molecule has 1 aliphatic carbocycles. The summed E-state index contributed by atoms with van der Waals surface area (Å²) >= 11 is 0. The van der Waals surface area contributed by atoms with Crippen molar-refractivity contribution in [1.82, 2.24) is 29.8 Å². The fourth-order valence-corrected chi connectivity index (χ4v) is 4.26. The van der Waals surface area contributed by atoms with Crippen LogP contribution in [0.4, 0.5) is 16.0 Å². The number of aromatic nitrogens is 5. The summed E-state index contributed by atoms with van der Waals surface area (Å²) in [6.45, 7) is 4.62. The van der Waals surface area contributed by atoms with Gasteiger partial charge in [-0.1, -0.05) is 11.2 Å². The van der Waals surface area contributed by atoms with E-state index in [9.17, 15) is 9.18 Å². The third-order valence-corrected chi connectivity index (χ3v) is 6.17. The SMILES string of the molecule is CC(C)(F)c1cc(-n2c3nc(Nc4ccc5c(c4)CCNC5)ncc3c(=O)n2C2CC2)no1. The lowest BCUT2D eigenvalue weighted by Gasteiger charge is -2.18. The predicted octanol–water partition coefficient (Wildman–Crippen LogP) is 3.50. The Balaban J connectivity index is 1.44. The quantitative estimate of drug-likeness (QED) is 0.481. The van der Waals surface area contributed by atoms with E-state index < -0.39 is 5.67 Å². The molecule has 0 spiro atoms. The molecule has 6 rings (SSSR count). The topological polar surface area (TPSA) is 103 Å². The minimum Gasteiger partial charge on any atom is -0.356 e. The van der Waals surface area contributed by atoms with Crippen LogP contribution in [0.1, 0.15) is 49.6 Å². The highest BCUT2D eigenvalue weighted by molar-refractivity contribution is 5.77. The van der Waals surface area contributed by atoms with Crippen LogP contribution in [0.15, 0.2) is 39.8 Å². The van der Waals surface area contributed by atoms with Crippen LogP contribution in [-0.4, -0.2) is 31.0 Å². The number of nitrogens with one attached hydrogen (secondary N) is 2. The molecule has 1 aromatic carbocycles. The molecule has 33 heavy (non-hydrogen) atoms. The highest BCUT2D eigenvalue weighted by atomic mass is 19.1. The van der Waals surface area contributed by atoms with Crippen LogP contribution in [0.3, 0.4) is 0 Å². The first-order valence-electron chi connectivity index (χ1n) is 11.1. The molecule has 0 saturated heterocycles. The van der Waals surface area contributed by atoms with E-state index in [1.165, 1.54) is 37.2 Å². The standard InChI is InChI=1S/C23H24FN7O2/c1-23(2,24)18-10-19(29-33-18)31-20-17(21(32)30(31)16-5-6-16)12-26-22(28-20)27-15-4-3-14-11-25-8-7-13(14)9-15/h3-4,9-10,12,16,25H,5-8,11H2,1-2H3,(H,26,27,28). The van der Waals surface area contributed by atoms with Gasteiger partial charge in [0.2, 0.25) is 5.95 Å². The number of halogens is 1. The van der Waals surface area contributed by atoms with Crippen molar-refractivity contribution >= 4 is 22.7 Å². The third-order valence-electron chi connectivity index (χ3n) is 6.17. The van der Waals surface area contributed by atoms with E-state index >= 15 is 0 Å². The zero-order valence-electron chi connectivity index (χ0n) is 18.4. The summed E-state index contributed by atoms with van der Waals surface area (Å²) in [6, 6.07) is 7.77. The molecule has 0 radical (unpaired) electrons. The normalized spacial score (nSPS) is 16.2. The Hall–Kier alpha value is -3.53. The first kappa shape index (κ1) is 20.1. The lowest BCUT2D eigenvalue weighted by Crippen LogP contribution is -2.23. The van der Waals surface area contributed by atoms with Crippen LogP contribution < -0.4 is 16.2 Å². The molecule has 1 saturated carbocycles. The molecule has 10 heteroatoms. The summed E-state index contributed by atoms with van der Waals surface area (Å²) in [5, 5.41) is 11.1. The molecule has 0 unspecified atom stereocenters. The highest BCUT2D eigenvalue weighted by Crippen LogP contribution is 2.36. The zero-order valence-corrected chi connectivity index (χ0v) is 18.4. The maximum absolute atomic E-state index is 14.4. The second-order valence-electron chi connectivity index (χ2n) is 9.18. The van der Waals surface area contributed by atoms with Gasteiger partial charge in [0.25, 0.3) is 5.56 Å². The van der Waals surface area contributed by atoms with Gasteiger partial charge in [0.1, 0.15) is 5.39 Å². The number of benzene rings is 1. The van der Waals surface area contributed by atoms with Crippen molar-refractivity contribution in [2.45, 2.75) is 51.4 Å². The first-order valence-corrected chi connectivity index (χ1v) is 11.1. The van der Waals surface area contributed by atoms with E-state index in [0.717, 1.165) is 38.0 Å². The van der Waals surface area contributed by atoms with Crippen LogP contribution in [-0.2, 0) is 18.6 Å². The number of hydrogen-bond donors (Lipinski definition) is 2. The van der Waals surface area contributed by atoms with Gasteiger partial charge in [0.05, 0.1) is 6.04 Å². The number of hydrogen-bond acceptors (Lipinski definition) is 7. The third kappa shape index (κ3) is 3.50. The van der Waals surface area contributed by atoms with Crippen molar-refractivity contribution in [3.63, 3.8) is 0 Å². The number of rotatable bonds is 5. The Morgan fingerprint density at radius 3 is 2.85 bits per heavy atom. The largest absolute Gasteiger partial charge is 0.356 e. The monoisotopic (exact) mass is 449 g/mol. The number of alkyl halides is 1. The lowest BCUT2D eigenvalue weighted by molar-refractivity contribution is 0.163. The average molecular weight is 449 g/mol. The van der Waals surface area contributed by atoms with Gasteiger partial charge < -0.3 is 15.2 Å².